The van der Waals surface area contributed by atoms with Crippen LogP contribution in [-0.2, 0) is 6.54 Å². The lowest BCUT2D eigenvalue weighted by molar-refractivity contribution is 0.585. The van der Waals surface area contributed by atoms with Gasteiger partial charge in [-0.15, -0.1) is 0 Å². The standard InChI is InChI=1S/C16H13ClFN3/c17-15-2-1-3-16(18)14(15)10-21-9-12(8-20-21)11-4-6-13(19)7-5-11/h1-9H,10,19H2. The third-order valence-corrected chi connectivity index (χ3v) is 3.61. The zero-order valence-electron chi connectivity index (χ0n) is 11.1. The van der Waals surface area contributed by atoms with Crippen molar-refractivity contribution in [1.82, 2.24) is 9.78 Å². The molecule has 3 nitrogen and oxygen atoms in total. The quantitative estimate of drug-likeness (QED) is 0.744. The Hall–Kier alpha value is -2.33. The number of benzene rings is 2. The minimum absolute atomic E-state index is 0.292. The van der Waals surface area contributed by atoms with Gasteiger partial charge < -0.3 is 5.73 Å². The molecule has 0 aliphatic carbocycles. The van der Waals surface area contributed by atoms with Crippen molar-refractivity contribution in [3.05, 3.63) is 71.3 Å². The fourth-order valence-electron chi connectivity index (χ4n) is 2.12. The van der Waals surface area contributed by atoms with E-state index >= 15 is 0 Å². The molecule has 0 spiro atoms. The summed E-state index contributed by atoms with van der Waals surface area (Å²) < 4.78 is 15.4. The summed E-state index contributed by atoms with van der Waals surface area (Å²) in [6, 6.07) is 12.2. The van der Waals surface area contributed by atoms with Crippen LogP contribution in [0.4, 0.5) is 10.1 Å². The van der Waals surface area contributed by atoms with E-state index in [1.165, 1.54) is 6.07 Å². The van der Waals surface area contributed by atoms with Gasteiger partial charge in [-0.1, -0.05) is 29.8 Å². The number of nitrogen functional groups attached to an aromatic ring is 1. The van der Waals surface area contributed by atoms with Crippen LogP contribution in [0.25, 0.3) is 11.1 Å². The van der Waals surface area contributed by atoms with Crippen LogP contribution in [0.3, 0.4) is 0 Å². The molecule has 2 N–H and O–H groups in total. The highest BCUT2D eigenvalue weighted by Gasteiger charge is 2.09. The minimum atomic E-state index is -0.327. The zero-order chi connectivity index (χ0) is 14.8. The lowest BCUT2D eigenvalue weighted by Gasteiger charge is -2.05. The molecule has 0 aliphatic rings. The lowest BCUT2D eigenvalue weighted by atomic mass is 10.1. The number of rotatable bonds is 3. The normalized spacial score (nSPS) is 10.8. The molecule has 0 bridgehead atoms. The minimum Gasteiger partial charge on any atom is -0.399 e. The molecule has 0 saturated heterocycles. The Labute approximate surface area is 126 Å². The summed E-state index contributed by atoms with van der Waals surface area (Å²) in [4.78, 5) is 0. The molecule has 0 atom stereocenters. The van der Waals surface area contributed by atoms with Crippen molar-refractivity contribution in [1.29, 1.82) is 0 Å². The molecule has 0 saturated carbocycles. The molecule has 21 heavy (non-hydrogen) atoms. The van der Waals surface area contributed by atoms with Crippen molar-refractivity contribution in [3.63, 3.8) is 0 Å². The molecule has 1 aromatic heterocycles. The van der Waals surface area contributed by atoms with E-state index in [1.54, 1.807) is 23.0 Å². The van der Waals surface area contributed by atoms with Crippen LogP contribution < -0.4 is 5.73 Å². The molecule has 5 heteroatoms. The molecule has 0 amide bonds. The molecule has 0 unspecified atom stereocenters. The van der Waals surface area contributed by atoms with Crippen molar-refractivity contribution >= 4 is 17.3 Å². The lowest BCUT2D eigenvalue weighted by Crippen LogP contribution is -2.02. The first-order valence-electron chi connectivity index (χ1n) is 6.45. The summed E-state index contributed by atoms with van der Waals surface area (Å²) in [5.41, 5.74) is 8.77. The van der Waals surface area contributed by atoms with Crippen molar-refractivity contribution < 1.29 is 4.39 Å². The monoisotopic (exact) mass is 301 g/mol. The fourth-order valence-corrected chi connectivity index (χ4v) is 2.34. The van der Waals surface area contributed by atoms with E-state index in [0.717, 1.165) is 11.1 Å². The van der Waals surface area contributed by atoms with Crippen LogP contribution in [0.1, 0.15) is 5.56 Å². The molecule has 3 aromatic rings. The van der Waals surface area contributed by atoms with Gasteiger partial charge in [0.15, 0.2) is 0 Å². The summed E-state index contributed by atoms with van der Waals surface area (Å²) in [6.07, 6.45) is 3.59. The Morgan fingerprint density at radius 2 is 1.86 bits per heavy atom. The van der Waals surface area contributed by atoms with E-state index < -0.39 is 0 Å². The summed E-state index contributed by atoms with van der Waals surface area (Å²) in [6.45, 7) is 0.292. The first kappa shape index (κ1) is 13.6. The molecule has 0 aliphatic heterocycles. The van der Waals surface area contributed by atoms with Gasteiger partial charge >= 0.3 is 0 Å². The number of halogens is 2. The van der Waals surface area contributed by atoms with E-state index in [0.29, 0.717) is 22.8 Å². The Morgan fingerprint density at radius 3 is 2.57 bits per heavy atom. The number of hydrogen-bond acceptors (Lipinski definition) is 2. The van der Waals surface area contributed by atoms with Gasteiger partial charge in [-0.3, -0.25) is 4.68 Å². The van der Waals surface area contributed by atoms with Gasteiger partial charge in [0.2, 0.25) is 0 Å². The first-order valence-corrected chi connectivity index (χ1v) is 6.82. The Morgan fingerprint density at radius 1 is 1.10 bits per heavy atom. The van der Waals surface area contributed by atoms with Gasteiger partial charge in [-0.05, 0) is 29.8 Å². The number of nitrogens with zero attached hydrogens (tertiary/aromatic N) is 2. The highest BCUT2D eigenvalue weighted by molar-refractivity contribution is 6.31. The average molecular weight is 302 g/mol. The maximum Gasteiger partial charge on any atom is 0.129 e. The summed E-state index contributed by atoms with van der Waals surface area (Å²) in [5, 5.41) is 4.65. The predicted octanol–water partition coefficient (Wildman–Crippen LogP) is 3.97. The van der Waals surface area contributed by atoms with Crippen molar-refractivity contribution in [3.8, 4) is 11.1 Å². The topological polar surface area (TPSA) is 43.8 Å². The third-order valence-electron chi connectivity index (χ3n) is 3.26. The van der Waals surface area contributed by atoms with Crippen LogP contribution in [-0.4, -0.2) is 9.78 Å². The first-order chi connectivity index (χ1) is 10.1. The molecular formula is C16H13ClFN3. The highest BCUT2D eigenvalue weighted by atomic mass is 35.5. The van der Waals surface area contributed by atoms with E-state index in [9.17, 15) is 4.39 Å². The van der Waals surface area contributed by atoms with E-state index in [4.69, 9.17) is 17.3 Å². The maximum absolute atomic E-state index is 13.8. The number of nitrogens with two attached hydrogens (primary N) is 1. The summed E-state index contributed by atoms with van der Waals surface area (Å²) >= 11 is 6.03. The van der Waals surface area contributed by atoms with Crippen LogP contribution in [0.15, 0.2) is 54.9 Å². The largest absolute Gasteiger partial charge is 0.399 e. The Balaban J connectivity index is 1.87. The summed E-state index contributed by atoms with van der Waals surface area (Å²) in [7, 11) is 0. The van der Waals surface area contributed by atoms with Crippen molar-refractivity contribution in [2.45, 2.75) is 6.54 Å². The molecule has 0 radical (unpaired) electrons. The Kier molecular flexibility index (Phi) is 3.62. The second-order valence-electron chi connectivity index (χ2n) is 4.75. The molecule has 3 rings (SSSR count). The molecular weight excluding hydrogens is 289 g/mol. The van der Waals surface area contributed by atoms with Crippen LogP contribution in [0.2, 0.25) is 5.02 Å². The fraction of sp³-hybridized carbons (Fsp3) is 0.0625. The predicted molar refractivity (Wildman–Crippen MR) is 82.6 cm³/mol. The molecule has 2 aromatic carbocycles. The zero-order valence-corrected chi connectivity index (χ0v) is 11.9. The highest BCUT2D eigenvalue weighted by Crippen LogP contribution is 2.23. The molecule has 0 fully saturated rings. The SMILES string of the molecule is Nc1ccc(-c2cnn(Cc3c(F)cccc3Cl)c2)cc1. The number of anilines is 1. The smallest absolute Gasteiger partial charge is 0.129 e. The van der Waals surface area contributed by atoms with Gasteiger partial charge in [-0.25, -0.2) is 4.39 Å². The van der Waals surface area contributed by atoms with Gasteiger partial charge in [0, 0.05) is 28.0 Å². The van der Waals surface area contributed by atoms with Gasteiger partial charge in [0.25, 0.3) is 0 Å². The Bertz CT molecular complexity index is 745. The van der Waals surface area contributed by atoms with Gasteiger partial charge in [0.05, 0.1) is 12.7 Å². The summed E-state index contributed by atoms with van der Waals surface area (Å²) in [5.74, 6) is -0.327. The van der Waals surface area contributed by atoms with Crippen LogP contribution in [0, 0.1) is 5.82 Å². The molecule has 1 heterocycles. The second kappa shape index (κ2) is 5.58. The molecule has 106 valence electrons. The second-order valence-corrected chi connectivity index (χ2v) is 5.16. The number of aromatic nitrogens is 2. The number of hydrogen-bond donors (Lipinski definition) is 1. The van der Waals surface area contributed by atoms with Crippen molar-refractivity contribution in [2.24, 2.45) is 0 Å². The van der Waals surface area contributed by atoms with Gasteiger partial charge in [0.1, 0.15) is 5.82 Å². The van der Waals surface area contributed by atoms with E-state index in [1.807, 2.05) is 30.5 Å². The average Bonchev–Trinajstić information content (AvgIpc) is 2.92. The van der Waals surface area contributed by atoms with E-state index in [-0.39, 0.29) is 5.82 Å². The third kappa shape index (κ3) is 2.90. The van der Waals surface area contributed by atoms with Gasteiger partial charge in [-0.2, -0.15) is 5.10 Å². The maximum atomic E-state index is 13.8. The van der Waals surface area contributed by atoms with Crippen LogP contribution in [0.5, 0.6) is 0 Å². The van der Waals surface area contributed by atoms with Crippen molar-refractivity contribution in [2.75, 3.05) is 5.73 Å². The van der Waals surface area contributed by atoms with E-state index in [2.05, 4.69) is 5.10 Å². The van der Waals surface area contributed by atoms with Crippen LogP contribution >= 0.6 is 11.6 Å².